The fourth-order valence-corrected chi connectivity index (χ4v) is 2.27. The van der Waals surface area contributed by atoms with Crippen molar-refractivity contribution in [3.05, 3.63) is 35.4 Å². The molecule has 2 N–H and O–H groups in total. The molecule has 0 radical (unpaired) electrons. The summed E-state index contributed by atoms with van der Waals surface area (Å²) in [5.74, 6) is 0.590. The van der Waals surface area contributed by atoms with Crippen molar-refractivity contribution >= 4 is 12.0 Å². The van der Waals surface area contributed by atoms with Crippen LogP contribution in [0.25, 0.3) is 0 Å². The Hall–Kier alpha value is -2.04. The van der Waals surface area contributed by atoms with E-state index in [9.17, 15) is 9.59 Å². The quantitative estimate of drug-likeness (QED) is 0.876. The minimum Gasteiger partial charge on any atom is -0.444 e. The van der Waals surface area contributed by atoms with E-state index in [4.69, 9.17) is 4.74 Å². The van der Waals surface area contributed by atoms with Crippen LogP contribution in [-0.4, -0.2) is 23.6 Å². The summed E-state index contributed by atoms with van der Waals surface area (Å²) in [4.78, 5) is 23.7. The molecule has 0 saturated heterocycles. The molecule has 0 bridgehead atoms. The molecule has 1 aromatic carbocycles. The summed E-state index contributed by atoms with van der Waals surface area (Å²) in [5.41, 5.74) is 1.05. The van der Waals surface area contributed by atoms with Crippen molar-refractivity contribution in [2.75, 3.05) is 0 Å². The highest BCUT2D eigenvalue weighted by molar-refractivity contribution is 5.94. The van der Waals surface area contributed by atoms with E-state index in [1.165, 1.54) is 12.8 Å². The third kappa shape index (κ3) is 5.93. The van der Waals surface area contributed by atoms with E-state index in [0.29, 0.717) is 18.0 Å². The molecule has 0 heterocycles. The number of ether oxygens (including phenoxy) is 1. The van der Waals surface area contributed by atoms with Crippen molar-refractivity contribution in [3.8, 4) is 0 Å². The number of amides is 2. The molecular formula is C18H26N2O3. The summed E-state index contributed by atoms with van der Waals surface area (Å²) in [5, 5.41) is 5.72. The van der Waals surface area contributed by atoms with Crippen molar-refractivity contribution < 1.29 is 14.3 Å². The van der Waals surface area contributed by atoms with Gasteiger partial charge >= 0.3 is 6.09 Å². The SMILES string of the molecule is CC(NC(=O)c1ccc(CNC(=O)OC(C)(C)C)cc1)C1CC1. The Kier molecular flexibility index (Phi) is 5.29. The van der Waals surface area contributed by atoms with Gasteiger partial charge in [0.05, 0.1) is 0 Å². The first kappa shape index (κ1) is 17.3. The lowest BCUT2D eigenvalue weighted by Gasteiger charge is -2.19. The molecule has 1 atom stereocenters. The fourth-order valence-electron chi connectivity index (χ4n) is 2.27. The maximum atomic E-state index is 12.1. The number of hydrogen-bond acceptors (Lipinski definition) is 3. The van der Waals surface area contributed by atoms with Gasteiger partial charge in [-0.1, -0.05) is 12.1 Å². The zero-order valence-electron chi connectivity index (χ0n) is 14.3. The standard InChI is InChI=1S/C18H26N2O3/c1-12(14-9-10-14)20-16(21)15-7-5-13(6-8-15)11-19-17(22)23-18(2,3)4/h5-8,12,14H,9-11H2,1-4H3,(H,19,22)(H,20,21). The molecule has 1 aromatic rings. The lowest BCUT2D eigenvalue weighted by molar-refractivity contribution is 0.0523. The van der Waals surface area contributed by atoms with Crippen molar-refractivity contribution in [3.63, 3.8) is 0 Å². The van der Waals surface area contributed by atoms with Gasteiger partial charge in [-0.15, -0.1) is 0 Å². The van der Waals surface area contributed by atoms with Gasteiger partial charge in [0, 0.05) is 18.2 Å². The number of carbonyl (C=O) groups is 2. The maximum absolute atomic E-state index is 12.1. The predicted molar refractivity (Wildman–Crippen MR) is 89.2 cm³/mol. The first-order valence-electron chi connectivity index (χ1n) is 8.11. The molecule has 1 unspecified atom stereocenters. The van der Waals surface area contributed by atoms with Crippen LogP contribution in [0.2, 0.25) is 0 Å². The number of hydrogen-bond donors (Lipinski definition) is 2. The molecule has 2 rings (SSSR count). The molecule has 1 aliphatic carbocycles. The summed E-state index contributed by atoms with van der Waals surface area (Å²) in [6.45, 7) is 7.89. The average molecular weight is 318 g/mol. The van der Waals surface area contributed by atoms with E-state index in [2.05, 4.69) is 17.6 Å². The third-order valence-electron chi connectivity index (χ3n) is 3.74. The van der Waals surface area contributed by atoms with Crippen LogP contribution in [0, 0.1) is 5.92 Å². The zero-order valence-corrected chi connectivity index (χ0v) is 14.3. The van der Waals surface area contributed by atoms with Crippen LogP contribution in [0.15, 0.2) is 24.3 Å². The number of nitrogens with one attached hydrogen (secondary N) is 2. The van der Waals surface area contributed by atoms with Gasteiger partial charge in [-0.05, 0) is 64.2 Å². The van der Waals surface area contributed by atoms with Crippen LogP contribution in [0.1, 0.15) is 56.5 Å². The Morgan fingerprint density at radius 3 is 2.35 bits per heavy atom. The predicted octanol–water partition coefficient (Wildman–Crippen LogP) is 3.24. The van der Waals surface area contributed by atoms with E-state index in [1.807, 2.05) is 32.9 Å². The van der Waals surface area contributed by atoms with E-state index >= 15 is 0 Å². The van der Waals surface area contributed by atoms with Crippen molar-refractivity contribution in [1.29, 1.82) is 0 Å². The minimum atomic E-state index is -0.510. The van der Waals surface area contributed by atoms with E-state index in [0.717, 1.165) is 5.56 Å². The lowest BCUT2D eigenvalue weighted by atomic mass is 10.1. The second-order valence-corrected chi connectivity index (χ2v) is 7.15. The van der Waals surface area contributed by atoms with Crippen molar-refractivity contribution in [1.82, 2.24) is 10.6 Å². The molecule has 5 heteroatoms. The highest BCUT2D eigenvalue weighted by atomic mass is 16.6. The number of carbonyl (C=O) groups excluding carboxylic acids is 2. The van der Waals surface area contributed by atoms with Gasteiger partial charge in [-0.25, -0.2) is 4.79 Å². The van der Waals surface area contributed by atoms with Gasteiger partial charge < -0.3 is 15.4 Å². The Balaban J connectivity index is 1.81. The summed E-state index contributed by atoms with van der Waals surface area (Å²) in [7, 11) is 0. The van der Waals surface area contributed by atoms with E-state index in [-0.39, 0.29) is 11.9 Å². The minimum absolute atomic E-state index is 0.0453. The molecule has 5 nitrogen and oxygen atoms in total. The molecule has 0 spiro atoms. The summed E-state index contributed by atoms with van der Waals surface area (Å²) < 4.78 is 5.18. The van der Waals surface area contributed by atoms with Crippen LogP contribution < -0.4 is 10.6 Å². The summed E-state index contributed by atoms with van der Waals surface area (Å²) in [6, 6.07) is 7.47. The number of rotatable bonds is 5. The van der Waals surface area contributed by atoms with Crippen LogP contribution in [0.5, 0.6) is 0 Å². The average Bonchev–Trinajstić information content (AvgIpc) is 3.28. The van der Waals surface area contributed by atoms with Gasteiger partial charge in [-0.3, -0.25) is 4.79 Å². The molecule has 2 amide bonds. The first-order valence-corrected chi connectivity index (χ1v) is 8.11. The highest BCUT2D eigenvalue weighted by Crippen LogP contribution is 2.32. The van der Waals surface area contributed by atoms with Crippen molar-refractivity contribution in [2.45, 2.75) is 58.7 Å². The van der Waals surface area contributed by atoms with Crippen LogP contribution in [0.3, 0.4) is 0 Å². The van der Waals surface area contributed by atoms with E-state index < -0.39 is 11.7 Å². The van der Waals surface area contributed by atoms with Crippen LogP contribution in [0.4, 0.5) is 4.79 Å². The number of alkyl carbamates (subject to hydrolysis) is 1. The Morgan fingerprint density at radius 2 is 1.83 bits per heavy atom. The Labute approximate surface area is 137 Å². The van der Waals surface area contributed by atoms with Gasteiger partial charge in [0.15, 0.2) is 0 Å². The van der Waals surface area contributed by atoms with Crippen molar-refractivity contribution in [2.24, 2.45) is 5.92 Å². The fraction of sp³-hybridized carbons (Fsp3) is 0.556. The van der Waals surface area contributed by atoms with Gasteiger partial charge in [0.25, 0.3) is 5.91 Å². The largest absolute Gasteiger partial charge is 0.444 e. The third-order valence-corrected chi connectivity index (χ3v) is 3.74. The Morgan fingerprint density at radius 1 is 1.22 bits per heavy atom. The molecule has 1 saturated carbocycles. The smallest absolute Gasteiger partial charge is 0.407 e. The first-order chi connectivity index (χ1) is 10.7. The molecule has 1 fully saturated rings. The molecule has 0 aliphatic heterocycles. The summed E-state index contributed by atoms with van der Waals surface area (Å²) in [6.07, 6.45) is 1.96. The van der Waals surface area contributed by atoms with Gasteiger partial charge in [0.2, 0.25) is 0 Å². The van der Waals surface area contributed by atoms with Gasteiger partial charge in [0.1, 0.15) is 5.60 Å². The van der Waals surface area contributed by atoms with Gasteiger partial charge in [-0.2, -0.15) is 0 Å². The Bertz CT molecular complexity index is 557. The zero-order chi connectivity index (χ0) is 17.0. The summed E-state index contributed by atoms with van der Waals surface area (Å²) >= 11 is 0. The molecule has 0 aromatic heterocycles. The van der Waals surface area contributed by atoms with Crippen LogP contribution in [-0.2, 0) is 11.3 Å². The molecular weight excluding hydrogens is 292 g/mol. The molecule has 23 heavy (non-hydrogen) atoms. The molecule has 126 valence electrons. The maximum Gasteiger partial charge on any atom is 0.407 e. The number of benzene rings is 1. The monoisotopic (exact) mass is 318 g/mol. The second-order valence-electron chi connectivity index (χ2n) is 7.15. The highest BCUT2D eigenvalue weighted by Gasteiger charge is 2.29. The molecule has 1 aliphatic rings. The normalized spacial score (nSPS) is 15.7. The second kappa shape index (κ2) is 7.02. The van der Waals surface area contributed by atoms with Crippen LogP contribution >= 0.6 is 0 Å². The topological polar surface area (TPSA) is 67.4 Å². The van der Waals surface area contributed by atoms with E-state index in [1.54, 1.807) is 12.1 Å². The lowest BCUT2D eigenvalue weighted by Crippen LogP contribution is -2.34.